The number of benzene rings is 6. The molecule has 2 heterocycles. The molecule has 56 heavy (non-hydrogen) atoms. The third kappa shape index (κ3) is 5.18. The summed E-state index contributed by atoms with van der Waals surface area (Å²) in [5, 5.41) is 4.53. The van der Waals surface area contributed by atoms with Crippen molar-refractivity contribution in [2.24, 2.45) is 11.3 Å². The fourth-order valence-electron chi connectivity index (χ4n) is 10.2. The number of furan rings is 2. The predicted molar refractivity (Wildman–Crippen MR) is 233 cm³/mol. The van der Waals surface area contributed by atoms with E-state index in [0.717, 1.165) is 72.1 Å². The fourth-order valence-corrected chi connectivity index (χ4v) is 10.2. The fraction of sp³-hybridized carbons (Fsp3) is 0.170. The molecule has 3 heteroatoms. The molecule has 2 aromatic heterocycles. The first-order valence-corrected chi connectivity index (χ1v) is 20.2. The lowest BCUT2D eigenvalue weighted by atomic mass is 9.57. The molecule has 272 valence electrons. The van der Waals surface area contributed by atoms with Crippen molar-refractivity contribution in [2.45, 2.75) is 44.9 Å². The van der Waals surface area contributed by atoms with Crippen molar-refractivity contribution in [3.05, 3.63) is 187 Å². The number of fused-ring (bicyclic) bond motifs is 7. The minimum absolute atomic E-state index is 0.143. The molecule has 0 aliphatic heterocycles. The zero-order chi connectivity index (χ0) is 37.2. The lowest BCUT2D eigenvalue weighted by molar-refractivity contribution is 0.317. The number of rotatable bonds is 6. The Kier molecular flexibility index (Phi) is 7.77. The average molecular weight is 726 g/mol. The van der Waals surface area contributed by atoms with Gasteiger partial charge in [0.1, 0.15) is 16.7 Å². The molecule has 0 saturated heterocycles. The zero-order valence-electron chi connectivity index (χ0n) is 31.6. The van der Waals surface area contributed by atoms with E-state index in [0.29, 0.717) is 5.92 Å². The van der Waals surface area contributed by atoms with Crippen LogP contribution in [0.3, 0.4) is 0 Å². The van der Waals surface area contributed by atoms with Crippen LogP contribution in [0.5, 0.6) is 0 Å². The Morgan fingerprint density at radius 3 is 2.09 bits per heavy atom. The van der Waals surface area contributed by atoms with Crippen LogP contribution in [-0.4, -0.2) is 0 Å². The summed E-state index contributed by atoms with van der Waals surface area (Å²) in [7, 11) is 0. The maximum Gasteiger partial charge on any atom is 0.159 e. The van der Waals surface area contributed by atoms with Crippen LogP contribution in [0, 0.1) is 11.3 Å². The highest BCUT2D eigenvalue weighted by molar-refractivity contribution is 6.10. The summed E-state index contributed by atoms with van der Waals surface area (Å²) in [6.07, 6.45) is 20.7. The molecule has 3 aliphatic carbocycles. The SMILES string of the molecule is CC12C(=CC=CC1c1ccccc1N(c1ccc(-c3ccc4c(c3)oc3ccccc34)cc1)c1cccc3c1oc1ccccc13)C=CC=C2C1CCCCC1. The maximum atomic E-state index is 6.76. The number of hydrogen-bond acceptors (Lipinski definition) is 3. The number of nitrogens with zero attached hydrogens (tertiary/aromatic N) is 1. The molecule has 6 aromatic carbocycles. The van der Waals surface area contributed by atoms with Crippen molar-refractivity contribution in [1.29, 1.82) is 0 Å². The van der Waals surface area contributed by atoms with E-state index in [4.69, 9.17) is 8.83 Å². The third-order valence-corrected chi connectivity index (χ3v) is 13.0. The van der Waals surface area contributed by atoms with Gasteiger partial charge in [-0.1, -0.05) is 153 Å². The Labute approximate surface area is 327 Å². The highest BCUT2D eigenvalue weighted by Crippen LogP contribution is 2.58. The molecule has 3 aliphatic rings. The molecule has 1 fully saturated rings. The molecule has 3 nitrogen and oxygen atoms in total. The first-order chi connectivity index (χ1) is 27.6. The van der Waals surface area contributed by atoms with Crippen molar-refractivity contribution < 1.29 is 8.83 Å². The van der Waals surface area contributed by atoms with E-state index in [-0.39, 0.29) is 11.3 Å². The van der Waals surface area contributed by atoms with E-state index in [1.54, 1.807) is 5.57 Å². The van der Waals surface area contributed by atoms with Gasteiger partial charge >= 0.3 is 0 Å². The Balaban J connectivity index is 1.07. The summed E-state index contributed by atoms with van der Waals surface area (Å²) in [5.41, 5.74) is 13.3. The number of hydrogen-bond donors (Lipinski definition) is 0. The molecule has 8 aromatic rings. The van der Waals surface area contributed by atoms with Crippen LogP contribution in [0.15, 0.2) is 190 Å². The van der Waals surface area contributed by atoms with Gasteiger partial charge in [-0.2, -0.15) is 0 Å². The predicted octanol–water partition coefficient (Wildman–Crippen LogP) is 15.3. The second kappa shape index (κ2) is 13.2. The minimum atomic E-state index is -0.155. The number of allylic oxidation sites excluding steroid dienone is 8. The van der Waals surface area contributed by atoms with E-state index in [1.165, 1.54) is 43.2 Å². The molecular formula is C53H43NO2. The van der Waals surface area contributed by atoms with Crippen LogP contribution in [0.4, 0.5) is 17.1 Å². The van der Waals surface area contributed by atoms with Gasteiger partial charge in [0, 0.05) is 38.6 Å². The monoisotopic (exact) mass is 725 g/mol. The van der Waals surface area contributed by atoms with Crippen LogP contribution in [0.1, 0.15) is 50.5 Å². The van der Waals surface area contributed by atoms with E-state index >= 15 is 0 Å². The quantitative estimate of drug-likeness (QED) is 0.171. The molecule has 0 bridgehead atoms. The van der Waals surface area contributed by atoms with Gasteiger partial charge in [-0.3, -0.25) is 0 Å². The topological polar surface area (TPSA) is 29.5 Å². The Bertz CT molecular complexity index is 2930. The molecule has 0 N–H and O–H groups in total. The first-order valence-electron chi connectivity index (χ1n) is 20.2. The summed E-state index contributed by atoms with van der Waals surface area (Å²) in [6, 6.07) is 47.8. The molecule has 0 spiro atoms. The van der Waals surface area contributed by atoms with Crippen LogP contribution < -0.4 is 4.90 Å². The Morgan fingerprint density at radius 1 is 0.571 bits per heavy atom. The van der Waals surface area contributed by atoms with E-state index in [2.05, 4.69) is 170 Å². The van der Waals surface area contributed by atoms with Crippen molar-refractivity contribution >= 4 is 60.9 Å². The Hall–Kier alpha value is -6.32. The number of para-hydroxylation sites is 4. The summed E-state index contributed by atoms with van der Waals surface area (Å²) < 4.78 is 13.0. The summed E-state index contributed by atoms with van der Waals surface area (Å²) in [5.74, 6) is 0.749. The van der Waals surface area contributed by atoms with Crippen molar-refractivity contribution in [1.82, 2.24) is 0 Å². The van der Waals surface area contributed by atoms with Gasteiger partial charge in [-0.25, -0.2) is 0 Å². The second-order valence-corrected chi connectivity index (χ2v) is 16.0. The standard InChI is InChI=1S/C53H43NO2/c1-53-38(16-11-22-45(53)36-14-3-2-4-15-36)17-12-23-46(53)44-20-5-8-24-47(44)54(48-25-13-21-43-41-19-7-10-27-50(41)56-52(43)48)39-31-28-35(29-32-39)37-30-33-42-40-18-6-9-26-49(40)55-51(42)34-37/h5-13,16-34,36,46H,2-4,14-15H2,1H3. The lowest BCUT2D eigenvalue weighted by Gasteiger charge is -2.47. The third-order valence-electron chi connectivity index (χ3n) is 13.0. The normalized spacial score (nSPS) is 19.8. The largest absolute Gasteiger partial charge is 0.456 e. The molecule has 1 saturated carbocycles. The van der Waals surface area contributed by atoms with Gasteiger partial charge in [-0.15, -0.1) is 0 Å². The summed E-state index contributed by atoms with van der Waals surface area (Å²) >= 11 is 0. The van der Waals surface area contributed by atoms with Gasteiger partial charge < -0.3 is 13.7 Å². The van der Waals surface area contributed by atoms with Crippen LogP contribution >= 0.6 is 0 Å². The van der Waals surface area contributed by atoms with Crippen LogP contribution in [-0.2, 0) is 0 Å². The smallest absolute Gasteiger partial charge is 0.159 e. The van der Waals surface area contributed by atoms with Crippen LogP contribution in [0.25, 0.3) is 55.0 Å². The average Bonchev–Trinajstić information content (AvgIpc) is 3.83. The maximum absolute atomic E-state index is 6.76. The first kappa shape index (κ1) is 33.1. The van der Waals surface area contributed by atoms with Gasteiger partial charge in [-0.05, 0) is 89.6 Å². The molecule has 0 amide bonds. The van der Waals surface area contributed by atoms with E-state index in [1.807, 2.05) is 12.1 Å². The van der Waals surface area contributed by atoms with Gasteiger partial charge in [0.2, 0.25) is 0 Å². The number of anilines is 3. The van der Waals surface area contributed by atoms with Gasteiger partial charge in [0.05, 0.1) is 11.4 Å². The molecular weight excluding hydrogens is 683 g/mol. The zero-order valence-corrected chi connectivity index (χ0v) is 31.6. The van der Waals surface area contributed by atoms with Gasteiger partial charge in [0.15, 0.2) is 5.58 Å². The van der Waals surface area contributed by atoms with Crippen LogP contribution in [0.2, 0.25) is 0 Å². The summed E-state index contributed by atoms with van der Waals surface area (Å²) in [6.45, 7) is 2.51. The molecule has 0 radical (unpaired) electrons. The molecule has 2 unspecified atom stereocenters. The highest BCUT2D eigenvalue weighted by Gasteiger charge is 2.45. The van der Waals surface area contributed by atoms with Gasteiger partial charge in [0.25, 0.3) is 0 Å². The lowest BCUT2D eigenvalue weighted by Crippen LogP contribution is -2.36. The van der Waals surface area contributed by atoms with E-state index < -0.39 is 0 Å². The van der Waals surface area contributed by atoms with Crippen molar-refractivity contribution in [2.75, 3.05) is 4.90 Å². The Morgan fingerprint density at radius 2 is 1.25 bits per heavy atom. The molecule has 2 atom stereocenters. The second-order valence-electron chi connectivity index (χ2n) is 16.0. The minimum Gasteiger partial charge on any atom is -0.456 e. The highest BCUT2D eigenvalue weighted by atomic mass is 16.3. The van der Waals surface area contributed by atoms with Crippen molar-refractivity contribution in [3.8, 4) is 11.1 Å². The van der Waals surface area contributed by atoms with Crippen molar-refractivity contribution in [3.63, 3.8) is 0 Å². The van der Waals surface area contributed by atoms with E-state index in [9.17, 15) is 0 Å². The molecule has 11 rings (SSSR count). The summed E-state index contributed by atoms with van der Waals surface area (Å²) in [4.78, 5) is 2.43.